The molecule has 1 aliphatic carbocycles. The Morgan fingerprint density at radius 3 is 2.71 bits per heavy atom. The minimum atomic E-state index is -0.115. The van der Waals surface area contributed by atoms with Gasteiger partial charge in [0.15, 0.2) is 0 Å². The molecule has 2 aliphatic rings. The summed E-state index contributed by atoms with van der Waals surface area (Å²) in [5.41, 5.74) is 5.65. The van der Waals surface area contributed by atoms with Crippen molar-refractivity contribution in [3.8, 4) is 0 Å². The molecule has 2 rings (SSSR count). The van der Waals surface area contributed by atoms with Crippen LogP contribution < -0.4 is 11.1 Å². The van der Waals surface area contributed by atoms with Crippen LogP contribution in [-0.2, 0) is 4.79 Å². The molecule has 0 aromatic heterocycles. The van der Waals surface area contributed by atoms with Crippen LogP contribution in [0, 0.1) is 23.2 Å². The zero-order valence-electron chi connectivity index (χ0n) is 9.05. The number of nitrogens with one attached hydrogen (secondary N) is 1. The van der Waals surface area contributed by atoms with Crippen molar-refractivity contribution in [2.45, 2.75) is 26.7 Å². The standard InChI is InChI=1S/C11H20N2O/c1-3-11(8-4-7(8)2)6-13-5-9(11)10(12)14/h7-9,13H,3-6H2,1-2H3,(H2,12,14). The van der Waals surface area contributed by atoms with E-state index in [-0.39, 0.29) is 17.2 Å². The maximum atomic E-state index is 11.4. The van der Waals surface area contributed by atoms with Crippen molar-refractivity contribution in [2.24, 2.45) is 28.9 Å². The summed E-state index contributed by atoms with van der Waals surface area (Å²) < 4.78 is 0. The molecule has 0 radical (unpaired) electrons. The average Bonchev–Trinajstić information content (AvgIpc) is 2.73. The lowest BCUT2D eigenvalue weighted by atomic mass is 9.71. The van der Waals surface area contributed by atoms with Gasteiger partial charge in [-0.15, -0.1) is 0 Å². The summed E-state index contributed by atoms with van der Waals surface area (Å²) in [6.45, 7) is 6.23. The Hall–Kier alpha value is -0.570. The highest BCUT2D eigenvalue weighted by atomic mass is 16.1. The van der Waals surface area contributed by atoms with Crippen molar-refractivity contribution in [1.82, 2.24) is 5.32 Å². The normalized spacial score (nSPS) is 46.6. The molecule has 0 aromatic rings. The van der Waals surface area contributed by atoms with E-state index in [1.807, 2.05) is 0 Å². The van der Waals surface area contributed by atoms with Crippen molar-refractivity contribution in [3.63, 3.8) is 0 Å². The Morgan fingerprint density at radius 1 is 1.64 bits per heavy atom. The fraction of sp³-hybridized carbons (Fsp3) is 0.909. The smallest absolute Gasteiger partial charge is 0.222 e. The number of amides is 1. The Morgan fingerprint density at radius 2 is 2.29 bits per heavy atom. The molecule has 2 fully saturated rings. The van der Waals surface area contributed by atoms with Gasteiger partial charge in [-0.3, -0.25) is 4.79 Å². The molecule has 1 saturated carbocycles. The second-order valence-corrected chi connectivity index (χ2v) is 4.99. The van der Waals surface area contributed by atoms with E-state index in [2.05, 4.69) is 19.2 Å². The van der Waals surface area contributed by atoms with Crippen LogP contribution in [0.3, 0.4) is 0 Å². The molecule has 3 heteroatoms. The number of carbonyl (C=O) groups is 1. The summed E-state index contributed by atoms with van der Waals surface area (Å²) in [7, 11) is 0. The van der Waals surface area contributed by atoms with Gasteiger partial charge in [0, 0.05) is 13.1 Å². The molecule has 4 unspecified atom stereocenters. The minimum Gasteiger partial charge on any atom is -0.369 e. The predicted molar refractivity (Wildman–Crippen MR) is 55.5 cm³/mol. The summed E-state index contributed by atoms with van der Waals surface area (Å²) >= 11 is 0. The van der Waals surface area contributed by atoms with Gasteiger partial charge in [-0.2, -0.15) is 0 Å². The van der Waals surface area contributed by atoms with Crippen LogP contribution in [0.2, 0.25) is 0 Å². The Kier molecular flexibility index (Phi) is 2.30. The molecule has 4 atom stereocenters. The summed E-state index contributed by atoms with van der Waals surface area (Å²) in [6.07, 6.45) is 2.35. The van der Waals surface area contributed by atoms with E-state index in [1.54, 1.807) is 0 Å². The Balaban J connectivity index is 2.21. The van der Waals surface area contributed by atoms with Gasteiger partial charge in [0.05, 0.1) is 5.92 Å². The van der Waals surface area contributed by atoms with Gasteiger partial charge < -0.3 is 11.1 Å². The maximum Gasteiger partial charge on any atom is 0.222 e. The van der Waals surface area contributed by atoms with Crippen LogP contribution in [0.5, 0.6) is 0 Å². The molecule has 1 saturated heterocycles. The summed E-state index contributed by atoms with van der Waals surface area (Å²) in [4.78, 5) is 11.4. The van der Waals surface area contributed by atoms with Crippen LogP contribution in [0.15, 0.2) is 0 Å². The number of hydrogen-bond donors (Lipinski definition) is 2. The van der Waals surface area contributed by atoms with Crippen molar-refractivity contribution < 1.29 is 4.79 Å². The number of primary amides is 1. The van der Waals surface area contributed by atoms with Crippen molar-refractivity contribution in [1.29, 1.82) is 0 Å². The van der Waals surface area contributed by atoms with Gasteiger partial charge in [0.2, 0.25) is 5.91 Å². The first-order chi connectivity index (χ1) is 6.62. The lowest BCUT2D eigenvalue weighted by Gasteiger charge is -2.32. The number of nitrogens with two attached hydrogens (primary N) is 1. The van der Waals surface area contributed by atoms with Gasteiger partial charge in [0.1, 0.15) is 0 Å². The summed E-state index contributed by atoms with van der Waals surface area (Å²) in [5.74, 6) is 1.45. The van der Waals surface area contributed by atoms with Crippen LogP contribution in [0.25, 0.3) is 0 Å². The van der Waals surface area contributed by atoms with E-state index in [9.17, 15) is 4.79 Å². The first-order valence-corrected chi connectivity index (χ1v) is 5.62. The molecule has 1 aliphatic heterocycles. The van der Waals surface area contributed by atoms with E-state index in [0.29, 0.717) is 0 Å². The largest absolute Gasteiger partial charge is 0.369 e. The first kappa shape index (κ1) is 9.97. The van der Waals surface area contributed by atoms with E-state index >= 15 is 0 Å². The number of carbonyl (C=O) groups excluding carboxylic acids is 1. The van der Waals surface area contributed by atoms with Gasteiger partial charge in [0.25, 0.3) is 0 Å². The van der Waals surface area contributed by atoms with Crippen LogP contribution >= 0.6 is 0 Å². The summed E-state index contributed by atoms with van der Waals surface area (Å²) in [5, 5.41) is 3.34. The molecular formula is C11H20N2O. The van der Waals surface area contributed by atoms with Crippen molar-refractivity contribution in [2.75, 3.05) is 13.1 Å². The van der Waals surface area contributed by atoms with Gasteiger partial charge in [-0.1, -0.05) is 13.8 Å². The summed E-state index contributed by atoms with van der Waals surface area (Å²) in [6, 6.07) is 0. The van der Waals surface area contributed by atoms with Crippen molar-refractivity contribution >= 4 is 5.91 Å². The fourth-order valence-corrected chi connectivity index (χ4v) is 3.31. The third-order valence-electron chi connectivity index (χ3n) is 4.35. The lowest BCUT2D eigenvalue weighted by Crippen LogP contribution is -2.40. The molecule has 3 nitrogen and oxygen atoms in total. The average molecular weight is 196 g/mol. The van der Waals surface area contributed by atoms with E-state index < -0.39 is 0 Å². The Labute approximate surface area is 85.4 Å². The highest BCUT2D eigenvalue weighted by Crippen LogP contribution is 2.57. The van der Waals surface area contributed by atoms with E-state index in [0.717, 1.165) is 31.3 Å². The topological polar surface area (TPSA) is 55.1 Å². The highest BCUT2D eigenvalue weighted by molar-refractivity contribution is 5.78. The Bertz CT molecular complexity index is 254. The quantitative estimate of drug-likeness (QED) is 0.699. The van der Waals surface area contributed by atoms with Gasteiger partial charge >= 0.3 is 0 Å². The second kappa shape index (κ2) is 3.23. The lowest BCUT2D eigenvalue weighted by molar-refractivity contribution is -0.125. The maximum absolute atomic E-state index is 11.4. The monoisotopic (exact) mass is 196 g/mol. The van der Waals surface area contributed by atoms with Crippen molar-refractivity contribution in [3.05, 3.63) is 0 Å². The SMILES string of the molecule is CCC1(C2CC2C)CNCC1C(N)=O. The minimum absolute atomic E-state index is 0.0578. The molecule has 0 aromatic carbocycles. The molecular weight excluding hydrogens is 176 g/mol. The van der Waals surface area contributed by atoms with Gasteiger partial charge in [-0.05, 0) is 30.1 Å². The van der Waals surface area contributed by atoms with E-state index in [4.69, 9.17) is 5.73 Å². The molecule has 80 valence electrons. The zero-order chi connectivity index (χ0) is 10.3. The second-order valence-electron chi connectivity index (χ2n) is 4.99. The number of rotatable bonds is 3. The molecule has 1 heterocycles. The van der Waals surface area contributed by atoms with Crippen LogP contribution in [0.1, 0.15) is 26.7 Å². The molecule has 14 heavy (non-hydrogen) atoms. The van der Waals surface area contributed by atoms with Crippen LogP contribution in [0.4, 0.5) is 0 Å². The number of hydrogen-bond acceptors (Lipinski definition) is 2. The zero-order valence-corrected chi connectivity index (χ0v) is 9.05. The van der Waals surface area contributed by atoms with E-state index in [1.165, 1.54) is 6.42 Å². The molecule has 3 N–H and O–H groups in total. The fourth-order valence-electron chi connectivity index (χ4n) is 3.31. The molecule has 1 amide bonds. The van der Waals surface area contributed by atoms with Gasteiger partial charge in [-0.25, -0.2) is 0 Å². The molecule has 0 spiro atoms. The molecule has 0 bridgehead atoms. The first-order valence-electron chi connectivity index (χ1n) is 5.62. The van der Waals surface area contributed by atoms with Crippen LogP contribution in [-0.4, -0.2) is 19.0 Å². The third-order valence-corrected chi connectivity index (χ3v) is 4.35. The predicted octanol–water partition coefficient (Wildman–Crippen LogP) is 0.744. The third kappa shape index (κ3) is 1.26. The highest BCUT2D eigenvalue weighted by Gasteiger charge is 2.56.